The molecule has 0 bridgehead atoms. The molecule has 0 N–H and O–H groups in total. The lowest BCUT2D eigenvalue weighted by molar-refractivity contribution is -0.138. The number of anilines is 1. The Morgan fingerprint density at radius 1 is 1.07 bits per heavy atom. The van der Waals surface area contributed by atoms with Crippen molar-refractivity contribution in [1.29, 1.82) is 0 Å². The quantitative estimate of drug-likeness (QED) is 0.684. The molecule has 1 aromatic carbocycles. The van der Waals surface area contributed by atoms with Gasteiger partial charge in [0.15, 0.2) is 0 Å². The predicted octanol–water partition coefficient (Wildman–Crippen LogP) is 3.08. The fourth-order valence-corrected chi connectivity index (χ4v) is 4.92. The molecule has 3 aliphatic rings. The lowest BCUT2D eigenvalue weighted by Crippen LogP contribution is -2.49. The van der Waals surface area contributed by atoms with Gasteiger partial charge in [-0.05, 0) is 62.9 Å². The molecular weight excluding hydrogens is 409 g/mol. The van der Waals surface area contributed by atoms with E-state index in [-0.39, 0.29) is 35.1 Å². The van der Waals surface area contributed by atoms with Gasteiger partial charge in [0.25, 0.3) is 5.91 Å². The van der Waals surface area contributed by atoms with Gasteiger partial charge in [-0.3, -0.25) is 19.3 Å². The molecule has 3 amide bonds. The number of hydrogen-bond donors (Lipinski definition) is 0. The molecule has 0 aromatic heterocycles. The van der Waals surface area contributed by atoms with E-state index in [0.717, 1.165) is 36.9 Å². The van der Waals surface area contributed by atoms with Crippen LogP contribution in [-0.2, 0) is 14.4 Å². The molecule has 162 valence electrons. The Morgan fingerprint density at radius 3 is 2.37 bits per heavy atom. The highest BCUT2D eigenvalue weighted by molar-refractivity contribution is 6.31. The summed E-state index contributed by atoms with van der Waals surface area (Å²) in [6.07, 6.45) is 3.62. The number of piperidine rings is 2. The van der Waals surface area contributed by atoms with Crippen LogP contribution < -0.4 is 4.90 Å². The Labute approximate surface area is 180 Å². The van der Waals surface area contributed by atoms with Crippen molar-refractivity contribution in [3.8, 4) is 0 Å². The first kappa shape index (κ1) is 21.2. The number of halogens is 2. The summed E-state index contributed by atoms with van der Waals surface area (Å²) in [5.41, 5.74) is 0.295. The first-order valence-electron chi connectivity index (χ1n) is 10.7. The molecule has 0 spiro atoms. The zero-order valence-electron chi connectivity index (χ0n) is 17.2. The number of hydrogen-bond acceptors (Lipinski definition) is 4. The Balaban J connectivity index is 1.37. The lowest BCUT2D eigenvalue weighted by atomic mass is 9.92. The summed E-state index contributed by atoms with van der Waals surface area (Å²) >= 11 is 5.82. The predicted molar refractivity (Wildman–Crippen MR) is 112 cm³/mol. The molecule has 3 aliphatic heterocycles. The Morgan fingerprint density at radius 2 is 1.73 bits per heavy atom. The number of nitrogens with zero attached hydrogens (tertiary/aromatic N) is 3. The maximum absolute atomic E-state index is 13.4. The van der Waals surface area contributed by atoms with Crippen molar-refractivity contribution in [3.63, 3.8) is 0 Å². The second-order valence-electron chi connectivity index (χ2n) is 8.70. The molecule has 3 heterocycles. The van der Waals surface area contributed by atoms with Crippen LogP contribution in [-0.4, -0.2) is 59.7 Å². The van der Waals surface area contributed by atoms with E-state index in [1.54, 1.807) is 0 Å². The minimum Gasteiger partial charge on any atom is -0.342 e. The maximum atomic E-state index is 13.4. The highest BCUT2D eigenvalue weighted by Crippen LogP contribution is 2.31. The first-order chi connectivity index (χ1) is 14.3. The summed E-state index contributed by atoms with van der Waals surface area (Å²) in [6.45, 7) is 5.13. The van der Waals surface area contributed by atoms with Crippen LogP contribution in [0, 0.1) is 17.7 Å². The van der Waals surface area contributed by atoms with Crippen LogP contribution in [0.15, 0.2) is 18.2 Å². The number of likely N-dealkylation sites (tertiary alicyclic amines) is 2. The van der Waals surface area contributed by atoms with Crippen LogP contribution in [0.4, 0.5) is 10.1 Å². The van der Waals surface area contributed by atoms with Gasteiger partial charge in [0.1, 0.15) is 5.82 Å². The van der Waals surface area contributed by atoms with E-state index in [1.807, 2.05) is 9.80 Å². The largest absolute Gasteiger partial charge is 0.342 e. The van der Waals surface area contributed by atoms with Crippen molar-refractivity contribution in [2.24, 2.45) is 11.8 Å². The van der Waals surface area contributed by atoms with Gasteiger partial charge in [-0.15, -0.1) is 0 Å². The van der Waals surface area contributed by atoms with E-state index in [4.69, 9.17) is 11.6 Å². The van der Waals surface area contributed by atoms with Gasteiger partial charge in [-0.2, -0.15) is 0 Å². The van der Waals surface area contributed by atoms with Crippen LogP contribution in [0.3, 0.4) is 0 Å². The molecular formula is C22H27ClFN3O3. The Kier molecular flexibility index (Phi) is 6.11. The fourth-order valence-electron chi connectivity index (χ4n) is 4.74. The molecule has 0 saturated carbocycles. The van der Waals surface area contributed by atoms with E-state index in [2.05, 4.69) is 6.92 Å². The molecule has 4 rings (SSSR count). The van der Waals surface area contributed by atoms with Gasteiger partial charge < -0.3 is 4.90 Å². The second-order valence-corrected chi connectivity index (χ2v) is 9.11. The van der Waals surface area contributed by atoms with E-state index >= 15 is 0 Å². The maximum Gasteiger partial charge on any atom is 0.251 e. The topological polar surface area (TPSA) is 60.9 Å². The molecule has 0 aliphatic carbocycles. The van der Waals surface area contributed by atoms with E-state index in [0.29, 0.717) is 37.5 Å². The van der Waals surface area contributed by atoms with Crippen molar-refractivity contribution < 1.29 is 18.8 Å². The van der Waals surface area contributed by atoms with E-state index < -0.39 is 11.9 Å². The summed E-state index contributed by atoms with van der Waals surface area (Å²) in [7, 11) is 0. The number of carbonyl (C=O) groups is 3. The average molecular weight is 436 g/mol. The second kappa shape index (κ2) is 8.63. The van der Waals surface area contributed by atoms with Gasteiger partial charge in [0.05, 0.1) is 23.2 Å². The molecule has 3 fully saturated rings. The normalized spacial score (nSPS) is 24.7. The molecule has 0 unspecified atom stereocenters. The van der Waals surface area contributed by atoms with Crippen molar-refractivity contribution in [2.45, 2.75) is 45.1 Å². The summed E-state index contributed by atoms with van der Waals surface area (Å²) in [5.74, 6) is -0.302. The third kappa shape index (κ3) is 4.10. The van der Waals surface area contributed by atoms with Gasteiger partial charge >= 0.3 is 0 Å². The van der Waals surface area contributed by atoms with Crippen molar-refractivity contribution in [3.05, 3.63) is 29.0 Å². The average Bonchev–Trinajstić information content (AvgIpc) is 3.04. The zero-order chi connectivity index (χ0) is 21.4. The summed E-state index contributed by atoms with van der Waals surface area (Å²) in [5, 5.41) is -0.122. The van der Waals surface area contributed by atoms with Crippen LogP contribution >= 0.6 is 11.6 Å². The van der Waals surface area contributed by atoms with Crippen LogP contribution in [0.2, 0.25) is 5.02 Å². The number of imide groups is 1. The molecule has 0 radical (unpaired) electrons. The van der Waals surface area contributed by atoms with Crippen LogP contribution in [0.5, 0.6) is 0 Å². The SMILES string of the molecule is CC1CCN(C(=O)C2CCN([C@H]3CC(=O)N(c4ccc(F)c(Cl)c4)C3=O)CC2)CC1. The third-order valence-electron chi connectivity index (χ3n) is 6.70. The smallest absolute Gasteiger partial charge is 0.251 e. The Bertz CT molecular complexity index is 848. The monoisotopic (exact) mass is 435 g/mol. The molecule has 3 saturated heterocycles. The zero-order valence-corrected chi connectivity index (χ0v) is 17.9. The number of benzene rings is 1. The molecule has 1 atom stereocenters. The first-order valence-corrected chi connectivity index (χ1v) is 11.1. The van der Waals surface area contributed by atoms with Gasteiger partial charge in [-0.1, -0.05) is 18.5 Å². The summed E-state index contributed by atoms with van der Waals surface area (Å²) in [6, 6.07) is 3.32. The van der Waals surface area contributed by atoms with Gasteiger partial charge in [-0.25, -0.2) is 9.29 Å². The van der Waals surface area contributed by atoms with Gasteiger partial charge in [0.2, 0.25) is 11.8 Å². The highest BCUT2D eigenvalue weighted by Gasteiger charge is 2.44. The summed E-state index contributed by atoms with van der Waals surface area (Å²) in [4.78, 5) is 43.4. The van der Waals surface area contributed by atoms with E-state index in [1.165, 1.54) is 12.1 Å². The standard InChI is InChI=1S/C22H27ClFN3O3/c1-14-4-8-26(9-5-14)21(29)15-6-10-25(11-7-15)19-13-20(28)27(22(19)30)16-2-3-18(24)17(23)12-16/h2-3,12,14-15,19H,4-11,13H2,1H3/t19-/m0/s1. The van der Waals surface area contributed by atoms with E-state index in [9.17, 15) is 18.8 Å². The molecule has 8 heteroatoms. The van der Waals surface area contributed by atoms with Crippen molar-refractivity contribution in [1.82, 2.24) is 9.80 Å². The molecule has 1 aromatic rings. The number of rotatable bonds is 3. The lowest BCUT2D eigenvalue weighted by Gasteiger charge is -2.38. The summed E-state index contributed by atoms with van der Waals surface area (Å²) < 4.78 is 13.4. The van der Waals surface area contributed by atoms with Gasteiger partial charge in [0, 0.05) is 19.0 Å². The molecule has 30 heavy (non-hydrogen) atoms. The van der Waals surface area contributed by atoms with Crippen LogP contribution in [0.1, 0.15) is 39.0 Å². The fraction of sp³-hybridized carbons (Fsp3) is 0.591. The number of carbonyl (C=O) groups excluding carboxylic acids is 3. The Hall–Kier alpha value is -1.99. The minimum absolute atomic E-state index is 0.00568. The third-order valence-corrected chi connectivity index (χ3v) is 6.99. The minimum atomic E-state index is -0.592. The number of amides is 3. The van der Waals surface area contributed by atoms with Crippen molar-refractivity contribution in [2.75, 3.05) is 31.1 Å². The highest BCUT2D eigenvalue weighted by atomic mass is 35.5. The van der Waals surface area contributed by atoms with Crippen molar-refractivity contribution >= 4 is 35.0 Å². The molecule has 6 nitrogen and oxygen atoms in total. The van der Waals surface area contributed by atoms with Crippen LogP contribution in [0.25, 0.3) is 0 Å².